The van der Waals surface area contributed by atoms with Crippen LogP contribution in [0.15, 0.2) is 0 Å². The van der Waals surface area contributed by atoms with E-state index in [-0.39, 0.29) is 0 Å². The number of unbranched alkanes of at least 4 members (excludes halogenated alkanes) is 1. The van der Waals surface area contributed by atoms with E-state index in [0.717, 1.165) is 24.8 Å². The molecule has 0 aromatic carbocycles. The zero-order valence-electron chi connectivity index (χ0n) is 12.9. The zero-order valence-corrected chi connectivity index (χ0v) is 12.9. The molecule has 0 amide bonds. The third-order valence-electron chi connectivity index (χ3n) is 3.95. The standard InChI is InChI=1S/C12H25N.C4H10O/c1-3-8-11-9-6-4-5-7-10-12(11)13-2;1-2-3-4-5/h11-13H,3-10H2,1-2H3;5H,2-4H2,1H3. The van der Waals surface area contributed by atoms with Crippen LogP contribution in [-0.2, 0) is 0 Å². The molecule has 0 heterocycles. The molecule has 1 aliphatic rings. The van der Waals surface area contributed by atoms with Crippen molar-refractivity contribution in [3.05, 3.63) is 0 Å². The van der Waals surface area contributed by atoms with Crippen LogP contribution in [0.1, 0.15) is 78.1 Å². The molecule has 1 rings (SSSR count). The fraction of sp³-hybridized carbons (Fsp3) is 1.00. The van der Waals surface area contributed by atoms with Gasteiger partial charge in [-0.25, -0.2) is 0 Å². The second-order valence-corrected chi connectivity index (χ2v) is 5.51. The topological polar surface area (TPSA) is 32.3 Å². The Morgan fingerprint density at radius 2 is 1.67 bits per heavy atom. The van der Waals surface area contributed by atoms with Crippen LogP contribution in [0, 0.1) is 5.92 Å². The van der Waals surface area contributed by atoms with Gasteiger partial charge in [-0.3, -0.25) is 0 Å². The first kappa shape index (κ1) is 17.9. The molecule has 18 heavy (non-hydrogen) atoms. The minimum atomic E-state index is 0.344. The van der Waals surface area contributed by atoms with Crippen LogP contribution in [0.5, 0.6) is 0 Å². The van der Waals surface area contributed by atoms with Gasteiger partial charge in [-0.05, 0) is 38.6 Å². The number of hydrogen-bond donors (Lipinski definition) is 2. The highest BCUT2D eigenvalue weighted by Crippen LogP contribution is 2.25. The van der Waals surface area contributed by atoms with Crippen molar-refractivity contribution < 1.29 is 5.11 Å². The molecule has 2 unspecified atom stereocenters. The summed E-state index contributed by atoms with van der Waals surface area (Å²) in [6.45, 7) is 4.71. The first-order valence-corrected chi connectivity index (χ1v) is 8.08. The van der Waals surface area contributed by atoms with E-state index in [1.807, 2.05) is 0 Å². The minimum Gasteiger partial charge on any atom is -0.396 e. The highest BCUT2D eigenvalue weighted by Gasteiger charge is 2.19. The van der Waals surface area contributed by atoms with Crippen molar-refractivity contribution in [2.75, 3.05) is 13.7 Å². The van der Waals surface area contributed by atoms with Crippen molar-refractivity contribution in [1.82, 2.24) is 5.32 Å². The molecule has 0 radical (unpaired) electrons. The van der Waals surface area contributed by atoms with Crippen LogP contribution in [0.25, 0.3) is 0 Å². The number of hydrogen-bond acceptors (Lipinski definition) is 2. The van der Waals surface area contributed by atoms with Gasteiger partial charge in [0, 0.05) is 12.6 Å². The smallest absolute Gasteiger partial charge is 0.0430 e. The molecule has 2 heteroatoms. The average molecular weight is 257 g/mol. The van der Waals surface area contributed by atoms with Crippen LogP contribution in [0.4, 0.5) is 0 Å². The van der Waals surface area contributed by atoms with Crippen molar-refractivity contribution in [3.63, 3.8) is 0 Å². The lowest BCUT2D eigenvalue weighted by molar-refractivity contribution is 0.280. The van der Waals surface area contributed by atoms with Gasteiger partial charge in [0.2, 0.25) is 0 Å². The molecule has 2 atom stereocenters. The third kappa shape index (κ3) is 8.93. The molecule has 110 valence electrons. The van der Waals surface area contributed by atoms with Gasteiger partial charge in [0.25, 0.3) is 0 Å². The summed E-state index contributed by atoms with van der Waals surface area (Å²) >= 11 is 0. The van der Waals surface area contributed by atoms with Gasteiger partial charge < -0.3 is 10.4 Å². The van der Waals surface area contributed by atoms with Crippen molar-refractivity contribution in [1.29, 1.82) is 0 Å². The molecule has 2 nitrogen and oxygen atoms in total. The van der Waals surface area contributed by atoms with E-state index < -0.39 is 0 Å². The molecule has 0 aromatic rings. The molecule has 1 saturated carbocycles. The fourth-order valence-corrected chi connectivity index (χ4v) is 2.82. The largest absolute Gasteiger partial charge is 0.396 e. The quantitative estimate of drug-likeness (QED) is 0.776. The lowest BCUT2D eigenvalue weighted by atomic mass is 9.84. The molecule has 1 fully saturated rings. The number of aliphatic hydroxyl groups is 1. The summed E-state index contributed by atoms with van der Waals surface area (Å²) in [5.41, 5.74) is 0. The molecule has 0 aromatic heterocycles. The molecule has 1 aliphatic carbocycles. The maximum Gasteiger partial charge on any atom is 0.0430 e. The van der Waals surface area contributed by atoms with E-state index in [9.17, 15) is 0 Å². The summed E-state index contributed by atoms with van der Waals surface area (Å²) < 4.78 is 0. The van der Waals surface area contributed by atoms with E-state index >= 15 is 0 Å². The first-order chi connectivity index (χ1) is 8.79. The molecule has 2 N–H and O–H groups in total. The van der Waals surface area contributed by atoms with Crippen molar-refractivity contribution in [2.24, 2.45) is 5.92 Å². The summed E-state index contributed by atoms with van der Waals surface area (Å²) in [7, 11) is 2.13. The SMILES string of the molecule is CCCC1CCCCCCC1NC.CCCCO. The van der Waals surface area contributed by atoms with Gasteiger partial charge in [0.15, 0.2) is 0 Å². The second kappa shape index (κ2) is 13.4. The van der Waals surface area contributed by atoms with Crippen molar-refractivity contribution in [2.45, 2.75) is 84.1 Å². The molecule has 0 saturated heterocycles. The first-order valence-electron chi connectivity index (χ1n) is 8.08. The van der Waals surface area contributed by atoms with E-state index in [0.29, 0.717) is 6.61 Å². The van der Waals surface area contributed by atoms with E-state index in [1.54, 1.807) is 0 Å². The van der Waals surface area contributed by atoms with Crippen LogP contribution in [0.2, 0.25) is 0 Å². The fourth-order valence-electron chi connectivity index (χ4n) is 2.82. The minimum absolute atomic E-state index is 0.344. The maximum atomic E-state index is 8.07. The third-order valence-corrected chi connectivity index (χ3v) is 3.95. The Kier molecular flexibility index (Phi) is 13.3. The molecule has 0 aliphatic heterocycles. The average Bonchev–Trinajstić information content (AvgIpc) is 2.35. The van der Waals surface area contributed by atoms with Crippen molar-refractivity contribution >= 4 is 0 Å². The Labute approximate surface area is 115 Å². The lowest BCUT2D eigenvalue weighted by Crippen LogP contribution is -2.34. The van der Waals surface area contributed by atoms with Crippen molar-refractivity contribution in [3.8, 4) is 0 Å². The van der Waals surface area contributed by atoms with Gasteiger partial charge >= 0.3 is 0 Å². The monoisotopic (exact) mass is 257 g/mol. The summed E-state index contributed by atoms with van der Waals surface area (Å²) in [6, 6.07) is 0.806. The van der Waals surface area contributed by atoms with E-state index in [2.05, 4.69) is 26.2 Å². The highest BCUT2D eigenvalue weighted by molar-refractivity contribution is 4.76. The second-order valence-electron chi connectivity index (χ2n) is 5.51. The molecular weight excluding hydrogens is 222 g/mol. The predicted molar refractivity (Wildman–Crippen MR) is 80.9 cm³/mol. The Morgan fingerprint density at radius 3 is 2.11 bits per heavy atom. The van der Waals surface area contributed by atoms with E-state index in [1.165, 1.54) is 51.4 Å². The molecular formula is C16H35NO. The molecule has 0 bridgehead atoms. The summed E-state index contributed by atoms with van der Waals surface area (Å²) in [4.78, 5) is 0. The van der Waals surface area contributed by atoms with Crippen LogP contribution >= 0.6 is 0 Å². The van der Waals surface area contributed by atoms with E-state index in [4.69, 9.17) is 5.11 Å². The van der Waals surface area contributed by atoms with Gasteiger partial charge in [0.05, 0.1) is 0 Å². The Hall–Kier alpha value is -0.0800. The van der Waals surface area contributed by atoms with Gasteiger partial charge in [-0.1, -0.05) is 52.4 Å². The molecule has 0 spiro atoms. The Morgan fingerprint density at radius 1 is 1.00 bits per heavy atom. The normalized spacial score (nSPS) is 24.7. The van der Waals surface area contributed by atoms with Gasteiger partial charge in [0.1, 0.15) is 0 Å². The number of aliphatic hydroxyl groups excluding tert-OH is 1. The lowest BCUT2D eigenvalue weighted by Gasteiger charge is -2.28. The van der Waals surface area contributed by atoms with Crippen LogP contribution in [0.3, 0.4) is 0 Å². The highest BCUT2D eigenvalue weighted by atomic mass is 16.2. The van der Waals surface area contributed by atoms with Crippen LogP contribution in [-0.4, -0.2) is 24.8 Å². The van der Waals surface area contributed by atoms with Gasteiger partial charge in [-0.2, -0.15) is 0 Å². The number of nitrogens with one attached hydrogen (secondary N) is 1. The Bertz CT molecular complexity index is 159. The summed E-state index contributed by atoms with van der Waals surface area (Å²) in [5, 5.41) is 11.6. The van der Waals surface area contributed by atoms with Crippen LogP contribution < -0.4 is 5.32 Å². The Balaban J connectivity index is 0.000000494. The summed E-state index contributed by atoms with van der Waals surface area (Å²) in [6.07, 6.45) is 13.5. The van der Waals surface area contributed by atoms with Gasteiger partial charge in [-0.15, -0.1) is 0 Å². The summed E-state index contributed by atoms with van der Waals surface area (Å²) in [5.74, 6) is 0.954. The maximum absolute atomic E-state index is 8.07. The zero-order chi connectivity index (χ0) is 13.6. The predicted octanol–water partition coefficient (Wildman–Crippen LogP) is 4.12. The number of rotatable bonds is 5.